The van der Waals surface area contributed by atoms with Crippen molar-refractivity contribution in [3.63, 3.8) is 0 Å². The average Bonchev–Trinajstić information content (AvgIpc) is 2.71. The van der Waals surface area contributed by atoms with E-state index in [-0.39, 0.29) is 29.6 Å². The Morgan fingerprint density at radius 2 is 1.59 bits per heavy atom. The Balaban J connectivity index is 1.79. The maximum absolute atomic E-state index is 12.3. The van der Waals surface area contributed by atoms with E-state index in [2.05, 4.69) is 15.4 Å². The third-order valence-corrected chi connectivity index (χ3v) is 5.49. The number of methoxy groups -OCH3 is 1. The lowest BCUT2D eigenvalue weighted by atomic mass is 10.2. The van der Waals surface area contributed by atoms with Crippen molar-refractivity contribution in [1.29, 1.82) is 0 Å². The molecule has 0 aliphatic rings. The van der Waals surface area contributed by atoms with Crippen LogP contribution in [0.4, 0.5) is 0 Å². The largest absolute Gasteiger partial charge is 0.508 e. The first-order valence-corrected chi connectivity index (χ1v) is 10.2. The maximum atomic E-state index is 12.3. The fourth-order valence-electron chi connectivity index (χ4n) is 2.34. The third-order valence-electron chi connectivity index (χ3n) is 3.93. The van der Waals surface area contributed by atoms with Gasteiger partial charge in [0, 0.05) is 18.7 Å². The minimum Gasteiger partial charge on any atom is -0.508 e. The summed E-state index contributed by atoms with van der Waals surface area (Å²) in [5, 5.41) is 14.4. The number of carbonyl (C=O) groups is 2. The van der Waals surface area contributed by atoms with E-state index in [9.17, 15) is 23.1 Å². The predicted octanol–water partition coefficient (Wildman–Crippen LogP) is 0.614. The average molecular weight is 421 g/mol. The highest BCUT2D eigenvalue weighted by Gasteiger charge is 2.21. The Morgan fingerprint density at radius 1 is 1.00 bits per heavy atom. The molecule has 0 radical (unpaired) electrons. The van der Waals surface area contributed by atoms with Crippen molar-refractivity contribution in [2.75, 3.05) is 20.2 Å². The molecule has 2 aromatic rings. The van der Waals surface area contributed by atoms with Crippen LogP contribution in [-0.2, 0) is 14.8 Å². The highest BCUT2D eigenvalue weighted by Crippen LogP contribution is 2.15. The van der Waals surface area contributed by atoms with E-state index in [1.54, 1.807) is 0 Å². The van der Waals surface area contributed by atoms with Crippen molar-refractivity contribution in [1.82, 2.24) is 15.4 Å². The standard InChI is InChI=1S/C19H23N3O6S/c1-13(22-29(26,27)17-9-7-16(28-2)8-10-17)18(24)20-11-12-21-19(25)14-3-5-15(23)6-4-14/h3-10,13,22-23H,11-12H2,1-2H3,(H,20,24)(H,21,25)/t13-/m0/s1. The second-order valence-electron chi connectivity index (χ2n) is 6.11. The van der Waals surface area contributed by atoms with Gasteiger partial charge < -0.3 is 20.5 Å². The van der Waals surface area contributed by atoms with Crippen LogP contribution in [0.1, 0.15) is 17.3 Å². The number of amides is 2. The van der Waals surface area contributed by atoms with Crippen LogP contribution in [0.25, 0.3) is 0 Å². The van der Waals surface area contributed by atoms with E-state index in [4.69, 9.17) is 4.74 Å². The van der Waals surface area contributed by atoms with Gasteiger partial charge in [-0.15, -0.1) is 0 Å². The first-order chi connectivity index (χ1) is 13.7. The van der Waals surface area contributed by atoms with Crippen LogP contribution in [0.5, 0.6) is 11.5 Å². The number of hydrogen-bond donors (Lipinski definition) is 4. The van der Waals surface area contributed by atoms with Gasteiger partial charge >= 0.3 is 0 Å². The molecule has 2 aromatic carbocycles. The van der Waals surface area contributed by atoms with Gasteiger partial charge in [-0.1, -0.05) is 0 Å². The summed E-state index contributed by atoms with van der Waals surface area (Å²) in [6, 6.07) is 10.5. The van der Waals surface area contributed by atoms with Crippen molar-refractivity contribution >= 4 is 21.8 Å². The van der Waals surface area contributed by atoms with Gasteiger partial charge in [-0.05, 0) is 55.5 Å². The van der Waals surface area contributed by atoms with Crippen molar-refractivity contribution < 1.29 is 27.9 Å². The number of benzene rings is 2. The second kappa shape index (κ2) is 9.89. The summed E-state index contributed by atoms with van der Waals surface area (Å²) in [6.45, 7) is 1.70. The molecule has 0 aliphatic heterocycles. The highest BCUT2D eigenvalue weighted by atomic mass is 32.2. The van der Waals surface area contributed by atoms with Crippen molar-refractivity contribution in [2.45, 2.75) is 17.9 Å². The summed E-state index contributed by atoms with van der Waals surface area (Å²) in [5.41, 5.74) is 0.370. The number of sulfonamides is 1. The van der Waals surface area contributed by atoms with Gasteiger partial charge in [-0.25, -0.2) is 8.42 Å². The molecule has 0 saturated carbocycles. The monoisotopic (exact) mass is 421 g/mol. The maximum Gasteiger partial charge on any atom is 0.251 e. The zero-order chi connectivity index (χ0) is 21.4. The van der Waals surface area contributed by atoms with Gasteiger partial charge in [0.1, 0.15) is 11.5 Å². The van der Waals surface area contributed by atoms with Crippen LogP contribution in [0, 0.1) is 0 Å². The fraction of sp³-hybridized carbons (Fsp3) is 0.263. The van der Waals surface area contributed by atoms with Crippen LogP contribution >= 0.6 is 0 Å². The van der Waals surface area contributed by atoms with E-state index < -0.39 is 22.0 Å². The first kappa shape index (κ1) is 22.2. The van der Waals surface area contributed by atoms with Crippen LogP contribution in [0.3, 0.4) is 0 Å². The lowest BCUT2D eigenvalue weighted by Gasteiger charge is -2.15. The Bertz CT molecular complexity index is 943. The molecule has 4 N–H and O–H groups in total. The SMILES string of the molecule is COc1ccc(S(=O)(=O)N[C@@H](C)C(=O)NCCNC(=O)c2ccc(O)cc2)cc1. The molecule has 9 nitrogen and oxygen atoms in total. The summed E-state index contributed by atoms with van der Waals surface area (Å²) >= 11 is 0. The smallest absolute Gasteiger partial charge is 0.251 e. The molecule has 0 spiro atoms. The van der Waals surface area contributed by atoms with Crippen LogP contribution in [0.2, 0.25) is 0 Å². The molecule has 0 bridgehead atoms. The third kappa shape index (κ3) is 6.47. The Kier molecular flexibility index (Phi) is 7.57. The number of nitrogens with one attached hydrogen (secondary N) is 3. The summed E-state index contributed by atoms with van der Waals surface area (Å²) in [6.07, 6.45) is 0. The summed E-state index contributed by atoms with van der Waals surface area (Å²) in [7, 11) is -2.40. The van der Waals surface area contributed by atoms with E-state index in [1.165, 1.54) is 62.6 Å². The Morgan fingerprint density at radius 3 is 2.17 bits per heavy atom. The molecule has 0 saturated heterocycles. The van der Waals surface area contributed by atoms with Crippen LogP contribution in [0.15, 0.2) is 53.4 Å². The topological polar surface area (TPSA) is 134 Å². The normalized spacial score (nSPS) is 12.1. The second-order valence-corrected chi connectivity index (χ2v) is 7.83. The predicted molar refractivity (Wildman–Crippen MR) is 106 cm³/mol. The molecule has 0 fully saturated rings. The molecule has 0 heterocycles. The van der Waals surface area contributed by atoms with Crippen LogP contribution < -0.4 is 20.1 Å². The fourth-order valence-corrected chi connectivity index (χ4v) is 3.54. The van der Waals surface area contributed by atoms with Gasteiger partial charge in [0.15, 0.2) is 0 Å². The number of carbonyl (C=O) groups excluding carboxylic acids is 2. The van der Waals surface area contributed by atoms with Crippen LogP contribution in [-0.4, -0.2) is 51.6 Å². The zero-order valence-electron chi connectivity index (χ0n) is 16.0. The lowest BCUT2D eigenvalue weighted by molar-refractivity contribution is -0.122. The summed E-state index contributed by atoms with van der Waals surface area (Å²) < 4.78 is 32.0. The van der Waals surface area contributed by atoms with E-state index in [1.807, 2.05) is 0 Å². The lowest BCUT2D eigenvalue weighted by Crippen LogP contribution is -2.46. The number of phenolic OH excluding ortho intramolecular Hbond substituents is 1. The molecule has 156 valence electrons. The van der Waals surface area contributed by atoms with Gasteiger partial charge in [-0.3, -0.25) is 9.59 Å². The molecular formula is C19H23N3O6S. The summed E-state index contributed by atoms with van der Waals surface area (Å²) in [4.78, 5) is 24.0. The molecular weight excluding hydrogens is 398 g/mol. The molecule has 10 heteroatoms. The van der Waals surface area contributed by atoms with E-state index >= 15 is 0 Å². The number of phenols is 1. The highest BCUT2D eigenvalue weighted by molar-refractivity contribution is 7.89. The number of hydrogen-bond acceptors (Lipinski definition) is 6. The molecule has 0 unspecified atom stereocenters. The van der Waals surface area contributed by atoms with Crippen molar-refractivity contribution in [2.24, 2.45) is 0 Å². The minimum absolute atomic E-state index is 0.0131. The molecule has 1 atom stereocenters. The first-order valence-electron chi connectivity index (χ1n) is 8.74. The van der Waals surface area contributed by atoms with Gasteiger partial charge in [0.05, 0.1) is 18.0 Å². The van der Waals surface area contributed by atoms with Gasteiger partial charge in [0.2, 0.25) is 15.9 Å². The molecule has 0 aliphatic carbocycles. The zero-order valence-corrected chi connectivity index (χ0v) is 16.8. The molecule has 2 rings (SSSR count). The van der Waals surface area contributed by atoms with E-state index in [0.29, 0.717) is 11.3 Å². The quantitative estimate of drug-likeness (QED) is 0.439. The molecule has 0 aromatic heterocycles. The Labute approximate surface area is 169 Å². The number of ether oxygens (including phenoxy) is 1. The van der Waals surface area contributed by atoms with Gasteiger partial charge in [-0.2, -0.15) is 4.72 Å². The van der Waals surface area contributed by atoms with Crippen molar-refractivity contribution in [3.05, 3.63) is 54.1 Å². The number of rotatable bonds is 9. The molecule has 29 heavy (non-hydrogen) atoms. The molecule has 2 amide bonds. The van der Waals surface area contributed by atoms with Crippen molar-refractivity contribution in [3.8, 4) is 11.5 Å². The van der Waals surface area contributed by atoms with E-state index in [0.717, 1.165) is 0 Å². The number of aromatic hydroxyl groups is 1. The summed E-state index contributed by atoms with van der Waals surface area (Å²) in [5.74, 6) is -0.308. The minimum atomic E-state index is -3.87. The van der Waals surface area contributed by atoms with Gasteiger partial charge in [0.25, 0.3) is 5.91 Å². The Hall–Kier alpha value is -3.11.